The van der Waals surface area contributed by atoms with Gasteiger partial charge in [0.15, 0.2) is 5.76 Å². The molecular weight excluding hydrogens is 304 g/mol. The minimum absolute atomic E-state index is 0.246. The van der Waals surface area contributed by atoms with Crippen molar-refractivity contribution in [1.82, 2.24) is 19.9 Å². The molecule has 6 nitrogen and oxygen atoms in total. The fourth-order valence-corrected chi connectivity index (χ4v) is 2.48. The van der Waals surface area contributed by atoms with Gasteiger partial charge in [0.25, 0.3) is 5.91 Å². The molecule has 3 aromatic heterocycles. The second kappa shape index (κ2) is 6.00. The molecule has 0 atom stereocenters. The maximum Gasteiger partial charge on any atom is 0.287 e. The van der Waals surface area contributed by atoms with E-state index in [2.05, 4.69) is 15.3 Å². The van der Waals surface area contributed by atoms with Crippen LogP contribution < -0.4 is 5.32 Å². The molecule has 0 fully saturated rings. The Bertz CT molecular complexity index is 972. The van der Waals surface area contributed by atoms with E-state index in [0.717, 1.165) is 22.4 Å². The number of hydrogen-bond donors (Lipinski definition) is 1. The molecule has 1 N–H and O–H groups in total. The van der Waals surface area contributed by atoms with E-state index in [0.29, 0.717) is 12.3 Å². The van der Waals surface area contributed by atoms with Crippen molar-refractivity contribution >= 4 is 16.9 Å². The number of amides is 1. The van der Waals surface area contributed by atoms with E-state index < -0.39 is 0 Å². The zero-order chi connectivity index (χ0) is 16.4. The minimum Gasteiger partial charge on any atom is -0.459 e. The number of pyridine rings is 1. The number of rotatable bonds is 4. The molecule has 1 aromatic carbocycles. The van der Waals surface area contributed by atoms with Crippen LogP contribution in [0.25, 0.3) is 16.9 Å². The zero-order valence-electron chi connectivity index (χ0n) is 12.7. The van der Waals surface area contributed by atoms with E-state index in [4.69, 9.17) is 4.42 Å². The molecule has 0 saturated carbocycles. The second-order valence-electron chi connectivity index (χ2n) is 5.29. The quantitative estimate of drug-likeness (QED) is 0.628. The number of furan rings is 1. The standard InChI is InChI=1S/C18H14N4O2/c23-18(16-6-3-9-24-16)20-11-13-7-8-17(19-10-13)22-12-21-14-4-1-2-5-15(14)22/h1-10,12H,11H2,(H,20,23). The molecule has 0 bridgehead atoms. The number of carbonyl (C=O) groups is 1. The van der Waals surface area contributed by atoms with Gasteiger partial charge in [-0.1, -0.05) is 18.2 Å². The van der Waals surface area contributed by atoms with Crippen LogP contribution in [-0.4, -0.2) is 20.4 Å². The first-order chi connectivity index (χ1) is 11.8. The van der Waals surface area contributed by atoms with Crippen LogP contribution in [0.15, 0.2) is 71.7 Å². The molecule has 0 saturated heterocycles. The van der Waals surface area contributed by atoms with Crippen LogP contribution in [0.2, 0.25) is 0 Å². The van der Waals surface area contributed by atoms with Gasteiger partial charge in [-0.25, -0.2) is 9.97 Å². The summed E-state index contributed by atoms with van der Waals surface area (Å²) in [6, 6.07) is 15.0. The predicted octanol–water partition coefficient (Wildman–Crippen LogP) is 2.94. The van der Waals surface area contributed by atoms with Gasteiger partial charge >= 0.3 is 0 Å². The second-order valence-corrected chi connectivity index (χ2v) is 5.29. The van der Waals surface area contributed by atoms with Crippen molar-refractivity contribution in [3.05, 3.63) is 78.6 Å². The zero-order valence-corrected chi connectivity index (χ0v) is 12.7. The summed E-state index contributed by atoms with van der Waals surface area (Å²) in [5.74, 6) is 0.832. The Labute approximate surface area is 137 Å². The summed E-state index contributed by atoms with van der Waals surface area (Å²) in [7, 11) is 0. The molecule has 0 spiro atoms. The summed E-state index contributed by atoms with van der Waals surface area (Å²) >= 11 is 0. The van der Waals surface area contributed by atoms with Crippen molar-refractivity contribution < 1.29 is 9.21 Å². The topological polar surface area (TPSA) is 73.0 Å². The SMILES string of the molecule is O=C(NCc1ccc(-n2cnc3ccccc32)nc1)c1ccco1. The maximum absolute atomic E-state index is 11.8. The average molecular weight is 318 g/mol. The molecule has 0 aliphatic rings. The number of aromatic nitrogens is 3. The van der Waals surface area contributed by atoms with Gasteiger partial charge < -0.3 is 9.73 Å². The lowest BCUT2D eigenvalue weighted by atomic mass is 10.2. The van der Waals surface area contributed by atoms with E-state index in [1.807, 2.05) is 41.0 Å². The summed E-state index contributed by atoms with van der Waals surface area (Å²) in [6.45, 7) is 0.386. The lowest BCUT2D eigenvalue weighted by Crippen LogP contribution is -2.22. The Balaban J connectivity index is 1.50. The van der Waals surface area contributed by atoms with Gasteiger partial charge in [-0.2, -0.15) is 0 Å². The molecule has 0 radical (unpaired) electrons. The smallest absolute Gasteiger partial charge is 0.287 e. The molecule has 0 aliphatic carbocycles. The van der Waals surface area contributed by atoms with Crippen LogP contribution in [0.3, 0.4) is 0 Å². The summed E-state index contributed by atoms with van der Waals surface area (Å²) in [5.41, 5.74) is 2.83. The number of nitrogens with zero attached hydrogens (tertiary/aromatic N) is 3. The highest BCUT2D eigenvalue weighted by Crippen LogP contribution is 2.16. The van der Waals surface area contributed by atoms with Gasteiger partial charge in [-0.05, 0) is 35.9 Å². The van der Waals surface area contributed by atoms with Crippen molar-refractivity contribution in [2.75, 3.05) is 0 Å². The van der Waals surface area contributed by atoms with Crippen molar-refractivity contribution in [1.29, 1.82) is 0 Å². The van der Waals surface area contributed by atoms with Gasteiger partial charge in [0, 0.05) is 12.7 Å². The predicted molar refractivity (Wildman–Crippen MR) is 88.7 cm³/mol. The first-order valence-electron chi connectivity index (χ1n) is 7.50. The third-order valence-electron chi connectivity index (χ3n) is 3.71. The van der Waals surface area contributed by atoms with Gasteiger partial charge in [0.2, 0.25) is 0 Å². The van der Waals surface area contributed by atoms with Crippen LogP contribution in [-0.2, 0) is 6.54 Å². The van der Waals surface area contributed by atoms with Crippen molar-refractivity contribution in [2.24, 2.45) is 0 Å². The van der Waals surface area contributed by atoms with Gasteiger partial charge in [-0.3, -0.25) is 9.36 Å². The normalized spacial score (nSPS) is 10.8. The van der Waals surface area contributed by atoms with E-state index in [1.165, 1.54) is 6.26 Å². The first kappa shape index (κ1) is 14.2. The fraction of sp³-hybridized carbons (Fsp3) is 0.0556. The number of hydrogen-bond acceptors (Lipinski definition) is 4. The van der Waals surface area contributed by atoms with Crippen LogP contribution >= 0.6 is 0 Å². The fourth-order valence-electron chi connectivity index (χ4n) is 2.48. The minimum atomic E-state index is -0.246. The number of imidazole rings is 1. The maximum atomic E-state index is 11.8. The Morgan fingerprint density at radius 1 is 1.08 bits per heavy atom. The number of carbonyl (C=O) groups excluding carboxylic acids is 1. The van der Waals surface area contributed by atoms with Crippen LogP contribution in [0.1, 0.15) is 16.1 Å². The Kier molecular flexibility index (Phi) is 3.55. The summed E-state index contributed by atoms with van der Waals surface area (Å²) in [5, 5.41) is 2.79. The number of fused-ring (bicyclic) bond motifs is 1. The Hall–Kier alpha value is -3.41. The molecule has 3 heterocycles. The molecule has 4 aromatic rings. The monoisotopic (exact) mass is 318 g/mol. The van der Waals surface area contributed by atoms with E-state index in [1.54, 1.807) is 24.7 Å². The highest BCUT2D eigenvalue weighted by atomic mass is 16.3. The summed E-state index contributed by atoms with van der Waals surface area (Å²) in [4.78, 5) is 20.7. The summed E-state index contributed by atoms with van der Waals surface area (Å²) in [6.07, 6.45) is 4.97. The van der Waals surface area contributed by atoms with Crippen molar-refractivity contribution in [3.63, 3.8) is 0 Å². The Morgan fingerprint density at radius 2 is 2.00 bits per heavy atom. The number of nitrogens with one attached hydrogen (secondary N) is 1. The lowest BCUT2D eigenvalue weighted by molar-refractivity contribution is 0.0923. The van der Waals surface area contributed by atoms with Crippen LogP contribution in [0.5, 0.6) is 0 Å². The van der Waals surface area contributed by atoms with Crippen LogP contribution in [0.4, 0.5) is 0 Å². The largest absolute Gasteiger partial charge is 0.459 e. The molecule has 0 aliphatic heterocycles. The van der Waals surface area contributed by atoms with Gasteiger partial charge in [0.1, 0.15) is 12.1 Å². The van der Waals surface area contributed by atoms with Crippen molar-refractivity contribution in [2.45, 2.75) is 6.54 Å². The molecule has 24 heavy (non-hydrogen) atoms. The molecule has 1 amide bonds. The number of para-hydroxylation sites is 2. The van der Waals surface area contributed by atoms with Gasteiger partial charge in [-0.15, -0.1) is 0 Å². The van der Waals surface area contributed by atoms with Crippen molar-refractivity contribution in [3.8, 4) is 5.82 Å². The summed E-state index contributed by atoms with van der Waals surface area (Å²) < 4.78 is 6.99. The Morgan fingerprint density at radius 3 is 2.79 bits per heavy atom. The lowest BCUT2D eigenvalue weighted by Gasteiger charge is -2.06. The molecule has 4 rings (SSSR count). The number of benzene rings is 1. The average Bonchev–Trinajstić information content (AvgIpc) is 3.30. The third-order valence-corrected chi connectivity index (χ3v) is 3.71. The molecule has 6 heteroatoms. The molecular formula is C18H14N4O2. The van der Waals surface area contributed by atoms with Gasteiger partial charge in [0.05, 0.1) is 17.3 Å². The highest BCUT2D eigenvalue weighted by Gasteiger charge is 2.08. The van der Waals surface area contributed by atoms with Crippen LogP contribution in [0, 0.1) is 0 Å². The third kappa shape index (κ3) is 2.65. The van der Waals surface area contributed by atoms with E-state index in [9.17, 15) is 4.79 Å². The first-order valence-corrected chi connectivity index (χ1v) is 7.50. The molecule has 118 valence electrons. The molecule has 0 unspecified atom stereocenters. The highest BCUT2D eigenvalue weighted by molar-refractivity contribution is 5.91. The van der Waals surface area contributed by atoms with E-state index in [-0.39, 0.29) is 5.91 Å². The van der Waals surface area contributed by atoms with E-state index >= 15 is 0 Å².